The van der Waals surface area contributed by atoms with E-state index in [-0.39, 0.29) is 0 Å². The summed E-state index contributed by atoms with van der Waals surface area (Å²) in [4.78, 5) is 2.52. The number of hydrogen-bond acceptors (Lipinski definition) is 1. The first kappa shape index (κ1) is 5.72. The highest BCUT2D eigenvalue weighted by Gasteiger charge is 2.43. The van der Waals surface area contributed by atoms with Gasteiger partial charge in [0.05, 0.1) is 0 Å². The van der Waals surface area contributed by atoms with Crippen LogP contribution in [-0.4, -0.2) is 24.5 Å². The zero-order valence-electron chi connectivity index (χ0n) is 6.30. The molecule has 1 aliphatic heterocycles. The molecule has 1 saturated heterocycles. The van der Waals surface area contributed by atoms with Crippen LogP contribution < -0.4 is 0 Å². The van der Waals surface area contributed by atoms with Crippen LogP contribution in [0.3, 0.4) is 0 Å². The number of likely N-dealkylation sites (tertiary alicyclic amines) is 1. The highest BCUT2D eigenvalue weighted by Crippen LogP contribution is 2.43. The van der Waals surface area contributed by atoms with Gasteiger partial charge in [0, 0.05) is 6.04 Å². The van der Waals surface area contributed by atoms with Crippen molar-refractivity contribution in [1.82, 2.24) is 4.90 Å². The zero-order chi connectivity index (χ0) is 6.43. The van der Waals surface area contributed by atoms with Crippen molar-refractivity contribution in [1.29, 1.82) is 0 Å². The van der Waals surface area contributed by atoms with E-state index in [1.807, 2.05) is 0 Å². The number of hydrogen-bond donors (Lipinski definition) is 0. The van der Waals surface area contributed by atoms with Crippen LogP contribution in [0.4, 0.5) is 0 Å². The summed E-state index contributed by atoms with van der Waals surface area (Å²) in [5.74, 6) is 2.09. The van der Waals surface area contributed by atoms with Crippen molar-refractivity contribution in [3.63, 3.8) is 0 Å². The van der Waals surface area contributed by atoms with Crippen LogP contribution in [0, 0.1) is 11.8 Å². The van der Waals surface area contributed by atoms with Crippen LogP contribution in [0.25, 0.3) is 0 Å². The van der Waals surface area contributed by atoms with Gasteiger partial charge < -0.3 is 4.90 Å². The Hall–Kier alpha value is -0.0400. The van der Waals surface area contributed by atoms with Gasteiger partial charge in [-0.15, -0.1) is 0 Å². The van der Waals surface area contributed by atoms with E-state index in [0.717, 1.165) is 17.9 Å². The molecule has 0 aromatic rings. The third-order valence-electron chi connectivity index (χ3n) is 3.22. The molecule has 3 unspecified atom stereocenters. The van der Waals surface area contributed by atoms with Crippen molar-refractivity contribution in [2.45, 2.75) is 25.8 Å². The molecule has 0 spiro atoms. The van der Waals surface area contributed by atoms with Crippen molar-refractivity contribution in [3.05, 3.63) is 0 Å². The van der Waals surface area contributed by atoms with Gasteiger partial charge in [0.25, 0.3) is 0 Å². The molecular weight excluding hydrogens is 110 g/mol. The molecule has 2 rings (SSSR count). The van der Waals surface area contributed by atoms with Crippen LogP contribution in [-0.2, 0) is 0 Å². The van der Waals surface area contributed by atoms with Gasteiger partial charge in [-0.25, -0.2) is 0 Å². The summed E-state index contributed by atoms with van der Waals surface area (Å²) >= 11 is 0. The minimum atomic E-state index is 0.972. The summed E-state index contributed by atoms with van der Waals surface area (Å²) in [6.45, 7) is 3.74. The summed E-state index contributed by atoms with van der Waals surface area (Å²) in [6.07, 6.45) is 2.92. The van der Waals surface area contributed by atoms with E-state index < -0.39 is 0 Å². The Morgan fingerprint density at radius 3 is 2.67 bits per heavy atom. The van der Waals surface area contributed by atoms with E-state index in [1.54, 1.807) is 0 Å². The van der Waals surface area contributed by atoms with Gasteiger partial charge in [0.1, 0.15) is 0 Å². The van der Waals surface area contributed by atoms with Gasteiger partial charge in [-0.05, 0) is 38.3 Å². The van der Waals surface area contributed by atoms with Crippen molar-refractivity contribution in [3.8, 4) is 0 Å². The Balaban J connectivity index is 2.03. The summed E-state index contributed by atoms with van der Waals surface area (Å²) < 4.78 is 0. The molecule has 1 aliphatic carbocycles. The Morgan fingerprint density at radius 2 is 2.22 bits per heavy atom. The predicted octanol–water partition coefficient (Wildman–Crippen LogP) is 1.35. The normalized spacial score (nSPS) is 50.7. The first-order valence-corrected chi connectivity index (χ1v) is 3.99. The highest BCUT2D eigenvalue weighted by molar-refractivity contribution is 4.97. The molecular formula is C8H15N. The average molecular weight is 125 g/mol. The third-order valence-corrected chi connectivity index (χ3v) is 3.22. The monoisotopic (exact) mass is 125 g/mol. The first-order chi connectivity index (χ1) is 4.29. The van der Waals surface area contributed by atoms with Crippen LogP contribution in [0.2, 0.25) is 0 Å². The molecule has 2 fully saturated rings. The summed E-state index contributed by atoms with van der Waals surface area (Å²) in [5.41, 5.74) is 0. The van der Waals surface area contributed by atoms with Gasteiger partial charge in [0.15, 0.2) is 0 Å². The zero-order valence-corrected chi connectivity index (χ0v) is 6.30. The van der Waals surface area contributed by atoms with Crippen LogP contribution in [0.15, 0.2) is 0 Å². The average Bonchev–Trinajstić information content (AvgIpc) is 2.07. The van der Waals surface area contributed by atoms with Gasteiger partial charge in [-0.2, -0.15) is 0 Å². The van der Waals surface area contributed by atoms with E-state index in [2.05, 4.69) is 18.9 Å². The fourth-order valence-electron chi connectivity index (χ4n) is 2.42. The molecule has 52 valence electrons. The molecule has 0 amide bonds. The molecule has 1 saturated carbocycles. The highest BCUT2D eigenvalue weighted by atomic mass is 15.2. The Kier molecular flexibility index (Phi) is 1.10. The molecule has 1 heteroatoms. The molecule has 3 atom stereocenters. The lowest BCUT2D eigenvalue weighted by molar-refractivity contribution is 0.0993. The fraction of sp³-hybridized carbons (Fsp3) is 1.00. The summed E-state index contributed by atoms with van der Waals surface area (Å²) in [6, 6.07) is 0.972. The fourth-order valence-corrected chi connectivity index (χ4v) is 2.42. The van der Waals surface area contributed by atoms with Gasteiger partial charge >= 0.3 is 0 Å². The van der Waals surface area contributed by atoms with E-state index in [1.165, 1.54) is 19.4 Å². The van der Waals surface area contributed by atoms with Gasteiger partial charge in [-0.3, -0.25) is 0 Å². The first-order valence-electron chi connectivity index (χ1n) is 3.99. The Morgan fingerprint density at radius 1 is 1.44 bits per heavy atom. The number of rotatable bonds is 0. The summed E-state index contributed by atoms with van der Waals surface area (Å²) in [5, 5.41) is 0. The summed E-state index contributed by atoms with van der Waals surface area (Å²) in [7, 11) is 2.26. The molecule has 1 nitrogen and oxygen atoms in total. The maximum absolute atomic E-state index is 2.52. The maximum atomic E-state index is 2.52. The topological polar surface area (TPSA) is 3.24 Å². The SMILES string of the molecule is CC1CC2C1CCN2C. The molecule has 0 aromatic carbocycles. The molecule has 0 radical (unpaired) electrons. The molecule has 0 bridgehead atoms. The Labute approximate surface area is 57.0 Å². The van der Waals surface area contributed by atoms with Crippen molar-refractivity contribution in [2.24, 2.45) is 11.8 Å². The Bertz CT molecular complexity index is 120. The van der Waals surface area contributed by atoms with E-state index in [4.69, 9.17) is 0 Å². The lowest BCUT2D eigenvalue weighted by Gasteiger charge is -2.40. The largest absolute Gasteiger partial charge is 0.303 e. The number of fused-ring (bicyclic) bond motifs is 1. The van der Waals surface area contributed by atoms with E-state index in [9.17, 15) is 0 Å². The van der Waals surface area contributed by atoms with E-state index in [0.29, 0.717) is 0 Å². The molecule has 9 heavy (non-hydrogen) atoms. The second kappa shape index (κ2) is 1.72. The smallest absolute Gasteiger partial charge is 0.0126 e. The van der Waals surface area contributed by atoms with Crippen molar-refractivity contribution >= 4 is 0 Å². The van der Waals surface area contributed by atoms with Gasteiger partial charge in [-0.1, -0.05) is 6.92 Å². The number of nitrogens with zero attached hydrogens (tertiary/aromatic N) is 1. The van der Waals surface area contributed by atoms with Crippen LogP contribution in [0.1, 0.15) is 19.8 Å². The minimum Gasteiger partial charge on any atom is -0.303 e. The minimum absolute atomic E-state index is 0.972. The molecule has 0 aromatic heterocycles. The standard InChI is InChI=1S/C8H15N/c1-6-5-8-7(6)3-4-9(8)2/h6-8H,3-5H2,1-2H3. The molecule has 1 heterocycles. The van der Waals surface area contributed by atoms with E-state index >= 15 is 0 Å². The van der Waals surface area contributed by atoms with Crippen molar-refractivity contribution in [2.75, 3.05) is 13.6 Å². The lowest BCUT2D eigenvalue weighted by atomic mass is 9.71. The quantitative estimate of drug-likeness (QED) is 0.472. The van der Waals surface area contributed by atoms with Crippen LogP contribution in [0.5, 0.6) is 0 Å². The van der Waals surface area contributed by atoms with Crippen LogP contribution >= 0.6 is 0 Å². The predicted molar refractivity (Wildman–Crippen MR) is 38.3 cm³/mol. The second-order valence-electron chi connectivity index (χ2n) is 3.71. The lowest BCUT2D eigenvalue weighted by Crippen LogP contribution is -2.42. The second-order valence-corrected chi connectivity index (χ2v) is 3.71. The molecule has 0 N–H and O–H groups in total. The van der Waals surface area contributed by atoms with Crippen molar-refractivity contribution < 1.29 is 0 Å². The third kappa shape index (κ3) is 0.644. The van der Waals surface area contributed by atoms with Gasteiger partial charge in [0.2, 0.25) is 0 Å². The molecule has 2 aliphatic rings. The maximum Gasteiger partial charge on any atom is 0.0126 e.